The molecule has 51 heavy (non-hydrogen) atoms. The van der Waals surface area contributed by atoms with Crippen LogP contribution in [0, 0.1) is 0 Å². The van der Waals surface area contributed by atoms with Gasteiger partial charge in [0.05, 0.1) is 5.56 Å². The van der Waals surface area contributed by atoms with Gasteiger partial charge in [-0.15, -0.1) is 11.3 Å². The molecule has 1 aliphatic heterocycles. The number of hydrogen-bond donors (Lipinski definition) is 2. The van der Waals surface area contributed by atoms with E-state index in [1.54, 1.807) is 0 Å². The Hall–Kier alpha value is -6.50. The molecule has 2 N–H and O–H groups in total. The van der Waals surface area contributed by atoms with Gasteiger partial charge in [0.2, 0.25) is 0 Å². The first-order chi connectivity index (χ1) is 25.2. The van der Waals surface area contributed by atoms with Gasteiger partial charge in [-0.2, -0.15) is 0 Å². The van der Waals surface area contributed by atoms with Gasteiger partial charge in [0.1, 0.15) is 22.3 Å². The maximum atomic E-state index is 6.40. The molecule has 240 valence electrons. The molecule has 7 aromatic carbocycles. The highest BCUT2D eigenvalue weighted by Crippen LogP contribution is 2.41. The highest BCUT2D eigenvalue weighted by Gasteiger charge is 2.30. The van der Waals surface area contributed by atoms with Crippen molar-refractivity contribution < 1.29 is 13.8 Å². The average Bonchev–Trinajstić information content (AvgIpc) is 3.89. The molecule has 6 heteroatoms. The third kappa shape index (κ3) is 4.47. The average molecular weight is 675 g/mol. The molecule has 0 saturated carbocycles. The zero-order chi connectivity index (χ0) is 33.5. The number of para-hydroxylation sites is 1. The summed E-state index contributed by atoms with van der Waals surface area (Å²) in [5.41, 5.74) is 8.89. The second-order valence-electron chi connectivity index (χ2n) is 13.0. The smallest absolute Gasteiger partial charge is 0.328 e. The number of amidine groups is 2. The topological polar surface area (TPSA) is 64.6 Å². The van der Waals surface area contributed by atoms with Gasteiger partial charge in [-0.3, -0.25) is 0 Å². The van der Waals surface area contributed by atoms with Crippen LogP contribution in [0.25, 0.3) is 75.2 Å². The number of thiophene rings is 1. The first-order valence-electron chi connectivity index (χ1n) is 17.1. The number of aliphatic imine (C=N–C) groups is 1. The highest BCUT2D eigenvalue weighted by atomic mass is 32.1. The summed E-state index contributed by atoms with van der Waals surface area (Å²) in [5, 5.41) is 10.5. The largest absolute Gasteiger partial charge is 0.456 e. The van der Waals surface area contributed by atoms with E-state index in [1.165, 1.54) is 31.3 Å². The molecule has 1 unspecified atom stereocenters. The fourth-order valence-corrected chi connectivity index (χ4v) is 8.86. The molecule has 0 aliphatic carbocycles. The Morgan fingerprint density at radius 2 is 1.18 bits per heavy atom. The molecule has 0 amide bonds. The predicted octanol–water partition coefficient (Wildman–Crippen LogP) is 10.1. The molecule has 4 heterocycles. The van der Waals surface area contributed by atoms with Crippen molar-refractivity contribution in [1.29, 1.82) is 0 Å². The van der Waals surface area contributed by atoms with E-state index in [-0.39, 0.29) is 6.17 Å². The van der Waals surface area contributed by atoms with Crippen LogP contribution < -0.4 is 10.3 Å². The SMILES string of the molecule is c1ccc(C2NC(c3ccc4oc5ccc(-c6cccc7c6sc6ccccc67)cc5c4c3)=NC(c3cccc4oc5ccccc5c34)=[NH+]2)cc1. The van der Waals surface area contributed by atoms with E-state index in [9.17, 15) is 0 Å². The first kappa shape index (κ1) is 28.3. The Morgan fingerprint density at radius 1 is 0.529 bits per heavy atom. The van der Waals surface area contributed by atoms with E-state index in [1.807, 2.05) is 41.7 Å². The maximum Gasteiger partial charge on any atom is 0.328 e. The lowest BCUT2D eigenvalue weighted by Crippen LogP contribution is -2.80. The molecular weight excluding hydrogens is 647 g/mol. The monoisotopic (exact) mass is 674 g/mol. The summed E-state index contributed by atoms with van der Waals surface area (Å²) in [6, 6.07) is 53.0. The molecule has 0 spiro atoms. The minimum atomic E-state index is -0.202. The van der Waals surface area contributed by atoms with E-state index in [0.717, 1.165) is 72.2 Å². The van der Waals surface area contributed by atoms with Crippen LogP contribution in [0.5, 0.6) is 0 Å². The van der Waals surface area contributed by atoms with Crippen molar-refractivity contribution in [3.05, 3.63) is 168 Å². The van der Waals surface area contributed by atoms with Gasteiger partial charge in [0.25, 0.3) is 5.84 Å². The maximum absolute atomic E-state index is 6.40. The Bertz CT molecular complexity index is 3070. The van der Waals surface area contributed by atoms with Crippen molar-refractivity contribution in [2.24, 2.45) is 4.99 Å². The number of rotatable bonds is 4. The van der Waals surface area contributed by atoms with E-state index < -0.39 is 0 Å². The molecule has 0 fully saturated rings. The Labute approximate surface area is 295 Å². The third-order valence-corrected chi connectivity index (χ3v) is 11.3. The summed E-state index contributed by atoms with van der Waals surface area (Å²) < 4.78 is 15.3. The second kappa shape index (κ2) is 11.0. The molecule has 11 rings (SSSR count). The zero-order valence-electron chi connectivity index (χ0n) is 27.2. The number of hydrogen-bond acceptors (Lipinski definition) is 5. The number of furan rings is 2. The van der Waals surface area contributed by atoms with Crippen LogP contribution in [-0.2, 0) is 0 Å². The molecule has 1 atom stereocenters. The number of nitrogens with zero attached hydrogens (tertiary/aromatic N) is 1. The quantitative estimate of drug-likeness (QED) is 0.195. The number of nitrogens with one attached hydrogen (secondary N) is 2. The van der Waals surface area contributed by atoms with Crippen molar-refractivity contribution in [1.82, 2.24) is 5.32 Å². The summed E-state index contributed by atoms with van der Waals surface area (Å²) in [6.45, 7) is 0. The number of benzene rings is 7. The van der Waals surface area contributed by atoms with Crippen LogP contribution >= 0.6 is 11.3 Å². The second-order valence-corrected chi connectivity index (χ2v) is 14.1. The van der Waals surface area contributed by atoms with Gasteiger partial charge in [-0.05, 0) is 70.7 Å². The van der Waals surface area contributed by atoms with Gasteiger partial charge < -0.3 is 14.2 Å². The van der Waals surface area contributed by atoms with Crippen LogP contribution in [0.2, 0.25) is 0 Å². The molecule has 0 radical (unpaired) electrons. The van der Waals surface area contributed by atoms with E-state index in [2.05, 4.69) is 132 Å². The lowest BCUT2D eigenvalue weighted by molar-refractivity contribution is -0.516. The minimum absolute atomic E-state index is 0.202. The van der Waals surface area contributed by atoms with Gasteiger partial charge in [0.15, 0.2) is 6.17 Å². The summed E-state index contributed by atoms with van der Waals surface area (Å²) in [5.74, 6) is 1.57. The number of fused-ring (bicyclic) bond motifs is 9. The summed E-state index contributed by atoms with van der Waals surface area (Å²) in [7, 11) is 0. The van der Waals surface area contributed by atoms with Crippen LogP contribution in [0.1, 0.15) is 22.9 Å². The molecule has 10 aromatic rings. The fourth-order valence-electron chi connectivity index (χ4n) is 7.62. The molecule has 5 nitrogen and oxygen atoms in total. The normalized spacial score (nSPS) is 14.9. The van der Waals surface area contributed by atoms with Crippen molar-refractivity contribution in [2.45, 2.75) is 6.17 Å². The Morgan fingerprint density at radius 3 is 2.06 bits per heavy atom. The van der Waals surface area contributed by atoms with Crippen molar-refractivity contribution in [2.75, 3.05) is 0 Å². The van der Waals surface area contributed by atoms with E-state index in [0.29, 0.717) is 0 Å². The van der Waals surface area contributed by atoms with Crippen molar-refractivity contribution in [3.8, 4) is 11.1 Å². The van der Waals surface area contributed by atoms with Crippen LogP contribution in [-0.4, -0.2) is 11.7 Å². The summed E-state index contributed by atoms with van der Waals surface area (Å²) in [6.07, 6.45) is -0.202. The zero-order valence-corrected chi connectivity index (χ0v) is 28.0. The molecule has 1 aliphatic rings. The van der Waals surface area contributed by atoms with Crippen LogP contribution in [0.3, 0.4) is 0 Å². The van der Waals surface area contributed by atoms with Gasteiger partial charge in [-0.1, -0.05) is 97.1 Å². The summed E-state index contributed by atoms with van der Waals surface area (Å²) >= 11 is 1.85. The lowest BCUT2D eigenvalue weighted by Gasteiger charge is -2.18. The Kier molecular flexibility index (Phi) is 6.12. The van der Waals surface area contributed by atoms with Crippen molar-refractivity contribution in [3.63, 3.8) is 0 Å². The minimum Gasteiger partial charge on any atom is -0.456 e. The van der Waals surface area contributed by atoms with Gasteiger partial charge in [-0.25, -0.2) is 4.99 Å². The summed E-state index contributed by atoms with van der Waals surface area (Å²) in [4.78, 5) is 8.97. The molecule has 0 bridgehead atoms. The highest BCUT2D eigenvalue weighted by molar-refractivity contribution is 7.26. The predicted molar refractivity (Wildman–Crippen MR) is 210 cm³/mol. The van der Waals surface area contributed by atoms with E-state index >= 15 is 0 Å². The molecule has 3 aromatic heterocycles. The van der Waals surface area contributed by atoms with Crippen LogP contribution in [0.15, 0.2) is 165 Å². The third-order valence-electron chi connectivity index (χ3n) is 10.0. The van der Waals surface area contributed by atoms with Crippen molar-refractivity contribution >= 4 is 87.1 Å². The standard InChI is InChI=1S/C45H27N3O2S/c1-2-10-26(11-3-1)43-46-44(48-45(47-43)33-16-9-18-39-41(33)32-13-4-6-17-36(32)50-39)28-21-23-38-35(25-28)34-24-27(20-22-37(34)49-38)29-14-8-15-31-30-12-5-7-19-40(30)51-42(29)31/h1-25,43H,(H,46,47,48)/p+1. The van der Waals surface area contributed by atoms with Gasteiger partial charge >= 0.3 is 5.84 Å². The van der Waals surface area contributed by atoms with E-state index in [4.69, 9.17) is 13.8 Å². The van der Waals surface area contributed by atoms with Crippen LogP contribution in [0.4, 0.5) is 0 Å². The first-order valence-corrected chi connectivity index (χ1v) is 17.9. The Balaban J connectivity index is 1.07. The molecule has 0 saturated heterocycles. The lowest BCUT2D eigenvalue weighted by atomic mass is 10.00. The van der Waals surface area contributed by atoms with Gasteiger partial charge in [0, 0.05) is 52.8 Å². The molecular formula is C45H28N3O2S+. The fraction of sp³-hybridized carbons (Fsp3) is 0.0222.